The number of carbonyl (C=O) groups excluding carboxylic acids is 6. The molecule has 0 bridgehead atoms. The van der Waals surface area contributed by atoms with E-state index in [-0.39, 0.29) is 86.4 Å². The van der Waals surface area contributed by atoms with Crippen LogP contribution in [0.5, 0.6) is 0 Å². The van der Waals surface area contributed by atoms with Gasteiger partial charge in [0, 0.05) is 158 Å². The fraction of sp³-hybridized carbons (Fsp3) is 0.532. The summed E-state index contributed by atoms with van der Waals surface area (Å²) in [7, 11) is 15.4. The molecular formula is C94H130N8O28. The van der Waals surface area contributed by atoms with E-state index in [1.54, 1.807) is 24.3 Å². The molecule has 36 nitrogen and oxygen atoms in total. The molecule has 2 heterocycles. The molecule has 2 aliphatic heterocycles. The van der Waals surface area contributed by atoms with Crippen molar-refractivity contribution in [1.82, 2.24) is 30.4 Å². The van der Waals surface area contributed by atoms with Crippen LogP contribution in [0, 0.1) is 0 Å². The summed E-state index contributed by atoms with van der Waals surface area (Å²) in [4.78, 5) is 80.0. The quantitative estimate of drug-likeness (QED) is 0.0242. The Kier molecular flexibility index (Phi) is 49.9. The van der Waals surface area contributed by atoms with E-state index in [0.29, 0.717) is 291 Å². The van der Waals surface area contributed by atoms with Crippen molar-refractivity contribution in [3.8, 4) is 44.9 Å². The van der Waals surface area contributed by atoms with E-state index >= 15 is 0 Å². The van der Waals surface area contributed by atoms with Crippen LogP contribution in [-0.4, -0.2) is 356 Å². The zero-order valence-corrected chi connectivity index (χ0v) is 76.3. The minimum absolute atomic E-state index is 0.125. The predicted molar refractivity (Wildman–Crippen MR) is 483 cm³/mol. The van der Waals surface area contributed by atoms with Crippen LogP contribution < -0.4 is 61.1 Å². The van der Waals surface area contributed by atoms with Crippen LogP contribution in [0.3, 0.4) is 0 Å². The first-order valence-corrected chi connectivity index (χ1v) is 43.9. The van der Waals surface area contributed by atoms with Gasteiger partial charge in [-0.2, -0.15) is 0 Å². The number of aromatic carboxylic acids is 2. The van der Waals surface area contributed by atoms with Crippen LogP contribution in [0.15, 0.2) is 118 Å². The molecule has 0 saturated heterocycles. The van der Waals surface area contributed by atoms with Gasteiger partial charge in [-0.05, 0) is 71.8 Å². The van der Waals surface area contributed by atoms with Gasteiger partial charge in [0.05, 0.1) is 262 Å². The Balaban J connectivity index is 0.476. The first-order valence-electron chi connectivity index (χ1n) is 43.9. The summed E-state index contributed by atoms with van der Waals surface area (Å²) >= 11 is 0. The first kappa shape index (κ1) is 105. The molecule has 4 aliphatic rings. The van der Waals surface area contributed by atoms with Crippen molar-refractivity contribution in [3.63, 3.8) is 0 Å². The van der Waals surface area contributed by atoms with Crippen molar-refractivity contribution < 1.29 is 133 Å². The molecule has 2 aliphatic carbocycles. The van der Waals surface area contributed by atoms with E-state index in [9.17, 15) is 39.0 Å². The number of hydrogen-bond donors (Lipinski definition) is 4. The highest BCUT2D eigenvalue weighted by atomic mass is 16.6. The number of carboxylic acid groups (broad SMARTS) is 2. The van der Waals surface area contributed by atoms with Gasteiger partial charge in [0.2, 0.25) is 22.5 Å². The van der Waals surface area contributed by atoms with Crippen LogP contribution in [0.4, 0.5) is 11.4 Å². The summed E-state index contributed by atoms with van der Waals surface area (Å²) < 4.78 is 117. The Morgan fingerprint density at radius 3 is 0.792 bits per heavy atom. The molecular weight excluding hydrogens is 1690 g/mol. The van der Waals surface area contributed by atoms with Gasteiger partial charge in [-0.3, -0.25) is 19.2 Å². The SMILES string of the molecule is CN(C)c1ccc2c(-c3ccc(C(=O)NCCOCCOCCOCCOCCC(=O)NCCOCCOCCOCCOCCOCCOCCOCCOCCOCCOCCNC(=O)CCOCCOCCOCCOCCNC(=O)c4ccc(-c5c6ccc(=[N+](C)C)cc-6oc6cc(N(C)C)ccc56)c(C(=O)[O-])c4)cc3C(=O)[O-])c3ccc(=[N+](C)C)cc-3oc2c1. The van der Waals surface area contributed by atoms with E-state index in [1.807, 2.05) is 148 Å². The smallest absolute Gasteiger partial charge is 0.251 e. The summed E-state index contributed by atoms with van der Waals surface area (Å²) in [5.74, 6) is -2.87. The van der Waals surface area contributed by atoms with Crippen LogP contribution in [-0.2, 0) is 94.9 Å². The summed E-state index contributed by atoms with van der Waals surface area (Å²) in [6.45, 7) is 14.3. The van der Waals surface area contributed by atoms with Gasteiger partial charge >= 0.3 is 0 Å². The molecule has 36 heteroatoms. The fourth-order valence-electron chi connectivity index (χ4n) is 12.9. The lowest BCUT2D eigenvalue weighted by Crippen LogP contribution is -2.29. The average Bonchev–Trinajstić information content (AvgIpc) is 0.748. The molecule has 130 heavy (non-hydrogen) atoms. The Labute approximate surface area is 759 Å². The van der Waals surface area contributed by atoms with Gasteiger partial charge in [-0.15, -0.1) is 0 Å². The Morgan fingerprint density at radius 1 is 0.292 bits per heavy atom. The molecule has 0 radical (unpaired) electrons. The second-order valence-electron chi connectivity index (χ2n) is 30.1. The second-order valence-corrected chi connectivity index (χ2v) is 30.1. The zero-order valence-electron chi connectivity index (χ0n) is 76.3. The number of fused-ring (bicyclic) bond motifs is 4. The standard InChI is InChI=1S/C94H130N8O28/c1-99(2)71-11-17-77-83(65-71)129-84-66-72(100(3)4)12-18-78(84)89(77)75-15-9-69(63-81(75)93(107)108)91(105)97-25-31-115-37-43-121-47-45-117-39-33-111-27-21-87(103)95-23-29-113-35-41-119-49-51-123-53-55-125-57-59-127-61-62-128-60-58-126-56-54-124-52-50-120-42-36-114-30-24-96-88(104)22-28-112-34-40-118-46-48-122-44-38-116-32-26-98-92(106)70-10-16-76(82(64-70)94(109)110)90-79-19-13-73(101(5)6)67-85(79)130-86-68-74(102(7)8)14-20-80(86)90/h9-20,63-68H,21-62H2,1-8H3,(H4-2,95,96,97,98,103,104,105,106,107,108,109,110). The number of benzene rings is 6. The lowest BCUT2D eigenvalue weighted by molar-refractivity contribution is -0.256. The number of hydrogen-bond acceptors (Lipinski definition) is 30. The topological polar surface area (TPSA) is 402 Å². The molecule has 4 aromatic rings. The first-order chi connectivity index (χ1) is 63.3. The molecule has 0 saturated carbocycles. The van der Waals surface area contributed by atoms with E-state index in [0.717, 1.165) is 22.1 Å². The minimum Gasteiger partial charge on any atom is -0.545 e. The van der Waals surface area contributed by atoms with Crippen molar-refractivity contribution in [1.29, 1.82) is 0 Å². The maximum absolute atomic E-state index is 13.2. The van der Waals surface area contributed by atoms with Crippen LogP contribution >= 0.6 is 0 Å². The van der Waals surface area contributed by atoms with E-state index in [4.69, 9.17) is 94.1 Å². The van der Waals surface area contributed by atoms with Gasteiger partial charge in [0.1, 0.15) is 50.9 Å². The van der Waals surface area contributed by atoms with Gasteiger partial charge in [0.25, 0.3) is 11.8 Å². The number of carbonyl (C=O) groups is 6. The molecule has 0 spiro atoms. The molecule has 4 N–H and O–H groups in total. The van der Waals surface area contributed by atoms with Crippen molar-refractivity contribution in [2.45, 2.75) is 12.8 Å². The van der Waals surface area contributed by atoms with Gasteiger partial charge < -0.3 is 145 Å². The molecule has 4 amide bonds. The summed E-state index contributed by atoms with van der Waals surface area (Å²) in [5.41, 5.74) is 6.61. The highest BCUT2D eigenvalue weighted by Gasteiger charge is 2.25. The number of ether oxygens (including phenoxy) is 18. The third-order valence-corrected chi connectivity index (χ3v) is 19.7. The Bertz CT molecular complexity index is 4510. The van der Waals surface area contributed by atoms with Gasteiger partial charge in [-0.25, -0.2) is 9.15 Å². The van der Waals surface area contributed by atoms with Gasteiger partial charge in [-0.1, -0.05) is 12.1 Å². The fourth-order valence-corrected chi connectivity index (χ4v) is 12.9. The van der Waals surface area contributed by atoms with Crippen molar-refractivity contribution in [2.24, 2.45) is 0 Å². The number of carboxylic acids is 2. The normalized spacial score (nSPS) is 11.5. The molecule has 4 aromatic carbocycles. The Morgan fingerprint density at radius 2 is 0.538 bits per heavy atom. The van der Waals surface area contributed by atoms with E-state index in [2.05, 4.69) is 21.3 Å². The molecule has 0 atom stereocenters. The third-order valence-electron chi connectivity index (χ3n) is 19.7. The number of nitrogens with zero attached hydrogens (tertiary/aromatic N) is 4. The number of rotatable bonds is 71. The zero-order chi connectivity index (χ0) is 92.7. The van der Waals surface area contributed by atoms with Crippen molar-refractivity contribution in [2.75, 3.05) is 330 Å². The summed E-state index contributed by atoms with van der Waals surface area (Å²) in [5, 5.41) is 39.8. The number of anilines is 2. The lowest BCUT2D eigenvalue weighted by atomic mass is 9.89. The van der Waals surface area contributed by atoms with E-state index < -0.39 is 23.8 Å². The molecule has 0 aromatic heterocycles. The van der Waals surface area contributed by atoms with Crippen LogP contribution in [0.2, 0.25) is 0 Å². The maximum Gasteiger partial charge on any atom is 0.251 e. The Hall–Kier alpha value is -10.0. The van der Waals surface area contributed by atoms with Crippen LogP contribution in [0.25, 0.3) is 66.8 Å². The maximum atomic E-state index is 13.2. The summed E-state index contributed by atoms with van der Waals surface area (Å²) in [6, 6.07) is 32.2. The van der Waals surface area contributed by atoms with Crippen LogP contribution in [0.1, 0.15) is 54.3 Å². The summed E-state index contributed by atoms with van der Waals surface area (Å²) in [6.07, 6.45) is 0.415. The highest BCUT2D eigenvalue weighted by Crippen LogP contribution is 2.44. The molecule has 0 unspecified atom stereocenters. The largest absolute Gasteiger partial charge is 0.545 e. The second kappa shape index (κ2) is 61.6. The van der Waals surface area contributed by atoms with Crippen molar-refractivity contribution in [3.05, 3.63) is 142 Å². The average molecular weight is 1820 g/mol. The highest BCUT2D eigenvalue weighted by molar-refractivity contribution is 6.10. The number of nitrogens with one attached hydrogen (secondary N) is 4. The third kappa shape index (κ3) is 38.4. The van der Waals surface area contributed by atoms with Crippen molar-refractivity contribution >= 4 is 68.9 Å². The minimum atomic E-state index is -1.42. The lowest BCUT2D eigenvalue weighted by Gasteiger charge is -2.20. The number of amides is 4. The molecule has 0 fully saturated rings. The predicted octanol–water partition coefficient (Wildman–Crippen LogP) is 3.12. The molecule has 8 rings (SSSR count). The monoisotopic (exact) mass is 1820 g/mol. The van der Waals surface area contributed by atoms with Gasteiger partial charge in [0.15, 0.2) is 0 Å². The van der Waals surface area contributed by atoms with E-state index in [1.165, 1.54) is 12.1 Å². The molecule has 714 valence electrons.